The van der Waals surface area contributed by atoms with Crippen LogP contribution in [-0.4, -0.2) is 46.7 Å². The van der Waals surface area contributed by atoms with E-state index in [1.807, 2.05) is 24.3 Å². The topological polar surface area (TPSA) is 78.4 Å². The van der Waals surface area contributed by atoms with E-state index in [2.05, 4.69) is 20.2 Å². The van der Waals surface area contributed by atoms with E-state index in [4.69, 9.17) is 0 Å². The lowest BCUT2D eigenvalue weighted by molar-refractivity contribution is 0.0952. The highest BCUT2D eigenvalue weighted by Crippen LogP contribution is 2.17. The van der Waals surface area contributed by atoms with Gasteiger partial charge in [-0.1, -0.05) is 6.07 Å². The van der Waals surface area contributed by atoms with Gasteiger partial charge in [0.05, 0.1) is 11.7 Å². The molecule has 6 heteroatoms. The number of aliphatic hydroxyl groups is 1. The molecule has 132 valence electrons. The van der Waals surface area contributed by atoms with E-state index >= 15 is 0 Å². The van der Waals surface area contributed by atoms with Crippen LogP contribution in [0.1, 0.15) is 35.3 Å². The van der Waals surface area contributed by atoms with E-state index < -0.39 is 0 Å². The van der Waals surface area contributed by atoms with E-state index in [0.717, 1.165) is 43.7 Å². The van der Waals surface area contributed by atoms with E-state index in [9.17, 15) is 9.90 Å². The Morgan fingerprint density at radius 3 is 2.92 bits per heavy atom. The Balaban J connectivity index is 1.46. The van der Waals surface area contributed by atoms with Gasteiger partial charge < -0.3 is 15.3 Å². The van der Waals surface area contributed by atoms with Crippen LogP contribution >= 0.6 is 0 Å². The van der Waals surface area contributed by atoms with Crippen LogP contribution in [0.25, 0.3) is 0 Å². The standard InChI is InChI=1S/C19H24N4O2/c24-17-7-4-12-23(14-17)18-9-8-15(13-22-18)19(25)21-11-3-6-16-5-1-2-10-20-16/h1-2,5,8-10,13,17,24H,3-4,6-7,11-12,14H2,(H,21,25). The van der Waals surface area contributed by atoms with Gasteiger partial charge in [-0.25, -0.2) is 4.98 Å². The molecule has 0 aromatic carbocycles. The number of anilines is 1. The molecule has 1 amide bonds. The van der Waals surface area contributed by atoms with Gasteiger partial charge in [-0.05, 0) is 49.9 Å². The Morgan fingerprint density at radius 1 is 1.28 bits per heavy atom. The lowest BCUT2D eigenvalue weighted by atomic mass is 10.1. The number of rotatable bonds is 6. The van der Waals surface area contributed by atoms with Gasteiger partial charge in [0, 0.05) is 37.7 Å². The summed E-state index contributed by atoms with van der Waals surface area (Å²) < 4.78 is 0. The number of carbonyl (C=O) groups excluding carboxylic acids is 1. The molecule has 3 heterocycles. The van der Waals surface area contributed by atoms with Crippen molar-refractivity contribution < 1.29 is 9.90 Å². The molecule has 1 atom stereocenters. The number of carbonyl (C=O) groups is 1. The molecule has 0 aliphatic carbocycles. The molecule has 1 aliphatic heterocycles. The summed E-state index contributed by atoms with van der Waals surface area (Å²) in [5, 5.41) is 12.7. The number of hydrogen-bond acceptors (Lipinski definition) is 5. The van der Waals surface area contributed by atoms with Gasteiger partial charge in [0.2, 0.25) is 0 Å². The number of β-amino-alcohol motifs (C(OH)–C–C–N with tert-alkyl or cyclic N) is 1. The summed E-state index contributed by atoms with van der Waals surface area (Å²) in [6.45, 7) is 2.10. The summed E-state index contributed by atoms with van der Waals surface area (Å²) in [5.74, 6) is 0.698. The molecule has 0 spiro atoms. The molecule has 0 bridgehead atoms. The number of aryl methyl sites for hydroxylation is 1. The molecule has 1 unspecified atom stereocenters. The highest BCUT2D eigenvalue weighted by molar-refractivity contribution is 5.94. The molecule has 2 aromatic heterocycles. The molecule has 1 fully saturated rings. The van der Waals surface area contributed by atoms with Gasteiger partial charge in [-0.2, -0.15) is 0 Å². The zero-order chi connectivity index (χ0) is 17.5. The molecule has 2 aromatic rings. The number of hydrogen-bond donors (Lipinski definition) is 2. The fraction of sp³-hybridized carbons (Fsp3) is 0.421. The zero-order valence-electron chi connectivity index (χ0n) is 14.3. The van der Waals surface area contributed by atoms with E-state index in [0.29, 0.717) is 18.7 Å². The molecule has 2 N–H and O–H groups in total. The first-order valence-electron chi connectivity index (χ1n) is 8.79. The van der Waals surface area contributed by atoms with Crippen LogP contribution in [0, 0.1) is 0 Å². The minimum atomic E-state index is -0.294. The summed E-state index contributed by atoms with van der Waals surface area (Å²) in [5.41, 5.74) is 1.59. The number of nitrogens with zero attached hydrogens (tertiary/aromatic N) is 3. The Hall–Kier alpha value is -2.47. The van der Waals surface area contributed by atoms with Gasteiger partial charge in [0.1, 0.15) is 5.82 Å². The predicted molar refractivity (Wildman–Crippen MR) is 96.6 cm³/mol. The van der Waals surface area contributed by atoms with Crippen molar-refractivity contribution in [3.63, 3.8) is 0 Å². The van der Waals surface area contributed by atoms with Crippen molar-refractivity contribution in [3.05, 3.63) is 54.0 Å². The fourth-order valence-corrected chi connectivity index (χ4v) is 2.99. The minimum absolute atomic E-state index is 0.112. The van der Waals surface area contributed by atoms with Crippen molar-refractivity contribution in [1.82, 2.24) is 15.3 Å². The molecule has 0 radical (unpaired) electrons. The SMILES string of the molecule is O=C(NCCCc1ccccn1)c1ccc(N2CCCC(O)C2)nc1. The number of aromatic nitrogens is 2. The van der Waals surface area contributed by atoms with Gasteiger partial charge in [-0.15, -0.1) is 0 Å². The largest absolute Gasteiger partial charge is 0.391 e. The van der Waals surface area contributed by atoms with Gasteiger partial charge >= 0.3 is 0 Å². The van der Waals surface area contributed by atoms with Gasteiger partial charge in [0.15, 0.2) is 0 Å². The Kier molecular flexibility index (Phi) is 5.95. The van der Waals surface area contributed by atoms with Crippen LogP contribution < -0.4 is 10.2 Å². The third-order valence-electron chi connectivity index (χ3n) is 4.35. The fourth-order valence-electron chi connectivity index (χ4n) is 2.99. The number of aliphatic hydroxyl groups excluding tert-OH is 1. The van der Waals surface area contributed by atoms with Crippen LogP contribution in [0.3, 0.4) is 0 Å². The van der Waals surface area contributed by atoms with Crippen molar-refractivity contribution >= 4 is 11.7 Å². The Labute approximate surface area is 147 Å². The summed E-state index contributed by atoms with van der Waals surface area (Å²) in [7, 11) is 0. The number of pyridine rings is 2. The van der Waals surface area contributed by atoms with Crippen LogP contribution in [0.5, 0.6) is 0 Å². The molecular weight excluding hydrogens is 316 g/mol. The monoisotopic (exact) mass is 340 g/mol. The van der Waals surface area contributed by atoms with Crippen molar-refractivity contribution in [2.45, 2.75) is 31.8 Å². The van der Waals surface area contributed by atoms with Crippen LogP contribution in [-0.2, 0) is 6.42 Å². The van der Waals surface area contributed by atoms with Crippen molar-refractivity contribution in [3.8, 4) is 0 Å². The lowest BCUT2D eigenvalue weighted by Gasteiger charge is -2.30. The third-order valence-corrected chi connectivity index (χ3v) is 4.35. The van der Waals surface area contributed by atoms with E-state index in [-0.39, 0.29) is 12.0 Å². The molecular formula is C19H24N4O2. The first-order chi connectivity index (χ1) is 12.2. The zero-order valence-corrected chi connectivity index (χ0v) is 14.3. The second kappa shape index (κ2) is 8.58. The molecule has 25 heavy (non-hydrogen) atoms. The minimum Gasteiger partial charge on any atom is -0.391 e. The first kappa shape index (κ1) is 17.4. The average Bonchev–Trinajstić information content (AvgIpc) is 2.66. The number of amides is 1. The molecule has 6 nitrogen and oxygen atoms in total. The van der Waals surface area contributed by atoms with Crippen LogP contribution in [0.4, 0.5) is 5.82 Å². The first-order valence-corrected chi connectivity index (χ1v) is 8.79. The molecule has 3 rings (SSSR count). The third kappa shape index (κ3) is 5.00. The predicted octanol–water partition coefficient (Wildman–Crippen LogP) is 1.80. The second-order valence-electron chi connectivity index (χ2n) is 6.33. The quantitative estimate of drug-likeness (QED) is 0.784. The Morgan fingerprint density at radius 2 is 2.20 bits per heavy atom. The average molecular weight is 340 g/mol. The van der Waals surface area contributed by atoms with Crippen molar-refractivity contribution in [2.75, 3.05) is 24.5 Å². The maximum Gasteiger partial charge on any atom is 0.252 e. The summed E-state index contributed by atoms with van der Waals surface area (Å²) in [4.78, 5) is 22.9. The maximum atomic E-state index is 12.2. The molecule has 1 saturated heterocycles. The van der Waals surface area contributed by atoms with Crippen LogP contribution in [0.15, 0.2) is 42.7 Å². The number of piperidine rings is 1. The summed E-state index contributed by atoms with van der Waals surface area (Å²) in [6, 6.07) is 9.49. The van der Waals surface area contributed by atoms with Crippen molar-refractivity contribution in [2.24, 2.45) is 0 Å². The molecule has 0 saturated carbocycles. The van der Waals surface area contributed by atoms with Crippen LogP contribution in [0.2, 0.25) is 0 Å². The van der Waals surface area contributed by atoms with E-state index in [1.165, 1.54) is 0 Å². The normalized spacial score (nSPS) is 17.3. The van der Waals surface area contributed by atoms with Gasteiger partial charge in [-0.3, -0.25) is 9.78 Å². The summed E-state index contributed by atoms with van der Waals surface area (Å²) >= 11 is 0. The highest BCUT2D eigenvalue weighted by atomic mass is 16.3. The molecule has 1 aliphatic rings. The maximum absolute atomic E-state index is 12.2. The highest BCUT2D eigenvalue weighted by Gasteiger charge is 2.19. The Bertz CT molecular complexity index is 676. The second-order valence-corrected chi connectivity index (χ2v) is 6.33. The van der Waals surface area contributed by atoms with E-state index in [1.54, 1.807) is 18.5 Å². The smallest absolute Gasteiger partial charge is 0.252 e. The van der Waals surface area contributed by atoms with Crippen molar-refractivity contribution in [1.29, 1.82) is 0 Å². The summed E-state index contributed by atoms with van der Waals surface area (Å²) in [6.07, 6.45) is 6.58. The lowest BCUT2D eigenvalue weighted by Crippen LogP contribution is -2.38. The van der Waals surface area contributed by atoms with Gasteiger partial charge in [0.25, 0.3) is 5.91 Å². The number of nitrogens with one attached hydrogen (secondary N) is 1.